The normalized spacial score (nSPS) is 14.0. The first-order valence-electron chi connectivity index (χ1n) is 8.52. The molecule has 7 heteroatoms. The van der Waals surface area contributed by atoms with E-state index in [9.17, 15) is 14.7 Å². The Bertz CT molecular complexity index is 1130. The number of amides is 1. The van der Waals surface area contributed by atoms with Crippen molar-refractivity contribution in [2.24, 2.45) is 11.0 Å². The summed E-state index contributed by atoms with van der Waals surface area (Å²) in [6, 6.07) is 13.6. The molecule has 0 spiro atoms. The van der Waals surface area contributed by atoms with Gasteiger partial charge in [0.1, 0.15) is 0 Å². The highest BCUT2D eigenvalue weighted by Gasteiger charge is 2.29. The fourth-order valence-corrected chi connectivity index (χ4v) is 3.13. The lowest BCUT2D eigenvalue weighted by atomic mass is 10.1. The van der Waals surface area contributed by atoms with Gasteiger partial charge in [-0.15, -0.1) is 0 Å². The number of carbonyl (C=O) groups is 1. The van der Waals surface area contributed by atoms with E-state index in [0.29, 0.717) is 27.0 Å². The second-order valence-corrected chi connectivity index (χ2v) is 6.85. The Hall–Kier alpha value is -3.12. The van der Waals surface area contributed by atoms with E-state index >= 15 is 0 Å². The molecule has 1 aliphatic rings. The highest BCUT2D eigenvalue weighted by molar-refractivity contribution is 6.30. The summed E-state index contributed by atoms with van der Waals surface area (Å²) in [6.45, 7) is 0. The van der Waals surface area contributed by atoms with Crippen molar-refractivity contribution in [3.8, 4) is 11.6 Å². The number of aromatic nitrogens is 1. The van der Waals surface area contributed by atoms with Crippen LogP contribution in [0.2, 0.25) is 5.02 Å². The molecule has 0 radical (unpaired) electrons. The minimum absolute atomic E-state index is 0.0212. The summed E-state index contributed by atoms with van der Waals surface area (Å²) >= 11 is 6.04. The van der Waals surface area contributed by atoms with Gasteiger partial charge in [0, 0.05) is 21.7 Å². The van der Waals surface area contributed by atoms with E-state index in [2.05, 4.69) is 10.5 Å². The standard InChI is InChI=1S/C20H16ClN3O3/c21-13-4-3-5-14(10-13)24-19(26)16-7-2-1-6-15(16)17(20(24)27)11-22-23-18(25)12-8-9-12/h1-7,10-12,27H,8-9H2,(H,23,25)/b22-11+. The van der Waals surface area contributed by atoms with E-state index in [1.165, 1.54) is 10.8 Å². The Morgan fingerprint density at radius 3 is 2.63 bits per heavy atom. The van der Waals surface area contributed by atoms with E-state index in [1.54, 1.807) is 48.5 Å². The molecule has 1 aromatic heterocycles. The number of rotatable bonds is 4. The molecular formula is C20H16ClN3O3. The number of carbonyl (C=O) groups excluding carboxylic acids is 1. The van der Waals surface area contributed by atoms with E-state index in [4.69, 9.17) is 11.6 Å². The van der Waals surface area contributed by atoms with Gasteiger partial charge in [0.05, 0.1) is 17.5 Å². The number of nitrogens with one attached hydrogen (secondary N) is 1. The average molecular weight is 382 g/mol. The SMILES string of the molecule is O=C(N/N=C/c1c(O)n(-c2cccc(Cl)c2)c(=O)c2ccccc12)C1CC1. The van der Waals surface area contributed by atoms with Crippen molar-refractivity contribution < 1.29 is 9.90 Å². The van der Waals surface area contributed by atoms with Crippen LogP contribution in [-0.4, -0.2) is 21.8 Å². The largest absolute Gasteiger partial charge is 0.494 e. The first-order valence-corrected chi connectivity index (χ1v) is 8.89. The minimum atomic E-state index is -0.371. The molecule has 1 aliphatic carbocycles. The number of nitrogens with zero attached hydrogens (tertiary/aromatic N) is 2. The molecule has 3 aromatic rings. The Labute approximate surface area is 159 Å². The van der Waals surface area contributed by atoms with Crippen molar-refractivity contribution in [3.05, 3.63) is 69.5 Å². The third-order valence-corrected chi connectivity index (χ3v) is 4.72. The molecule has 0 aliphatic heterocycles. The number of halogens is 1. The maximum atomic E-state index is 12.9. The van der Waals surface area contributed by atoms with E-state index in [1.807, 2.05) is 0 Å². The van der Waals surface area contributed by atoms with Crippen LogP contribution in [0.5, 0.6) is 5.88 Å². The van der Waals surface area contributed by atoms with Crippen LogP contribution in [0.3, 0.4) is 0 Å². The first kappa shape index (κ1) is 17.3. The van der Waals surface area contributed by atoms with E-state index in [0.717, 1.165) is 12.8 Å². The molecule has 136 valence electrons. The zero-order valence-electron chi connectivity index (χ0n) is 14.2. The molecule has 1 heterocycles. The predicted octanol–water partition coefficient (Wildman–Crippen LogP) is 3.21. The molecule has 27 heavy (non-hydrogen) atoms. The number of pyridine rings is 1. The number of hydrogen-bond donors (Lipinski definition) is 2. The van der Waals surface area contributed by atoms with Crippen LogP contribution < -0.4 is 11.0 Å². The lowest BCUT2D eigenvalue weighted by Gasteiger charge is -2.13. The molecule has 0 atom stereocenters. The minimum Gasteiger partial charge on any atom is -0.494 e. The van der Waals surface area contributed by atoms with Crippen LogP contribution in [0.25, 0.3) is 16.5 Å². The molecule has 6 nitrogen and oxygen atoms in total. The third-order valence-electron chi connectivity index (χ3n) is 4.49. The van der Waals surface area contributed by atoms with Crippen LogP contribution in [0.1, 0.15) is 18.4 Å². The second kappa shape index (κ2) is 6.89. The highest BCUT2D eigenvalue weighted by Crippen LogP contribution is 2.29. The molecule has 2 N–H and O–H groups in total. The summed E-state index contributed by atoms with van der Waals surface area (Å²) in [4.78, 5) is 24.7. The zero-order chi connectivity index (χ0) is 19.0. The average Bonchev–Trinajstić information content (AvgIpc) is 3.50. The number of hydrogen-bond acceptors (Lipinski definition) is 4. The summed E-state index contributed by atoms with van der Waals surface area (Å²) in [5, 5.41) is 16.2. The quantitative estimate of drug-likeness (QED) is 0.537. The van der Waals surface area contributed by atoms with Gasteiger partial charge in [-0.1, -0.05) is 35.9 Å². The Kier molecular flexibility index (Phi) is 4.41. The van der Waals surface area contributed by atoms with Gasteiger partial charge >= 0.3 is 0 Å². The molecule has 1 saturated carbocycles. The molecule has 0 bridgehead atoms. The van der Waals surface area contributed by atoms with Crippen LogP contribution in [-0.2, 0) is 4.79 Å². The molecule has 2 aromatic carbocycles. The van der Waals surface area contributed by atoms with E-state index < -0.39 is 0 Å². The molecular weight excluding hydrogens is 366 g/mol. The number of aromatic hydroxyl groups is 1. The van der Waals surface area contributed by atoms with Gasteiger partial charge in [-0.05, 0) is 37.1 Å². The number of fused-ring (bicyclic) bond motifs is 1. The molecule has 1 amide bonds. The summed E-state index contributed by atoms with van der Waals surface area (Å²) in [5.41, 5.74) is 2.88. The van der Waals surface area contributed by atoms with Crippen molar-refractivity contribution in [1.29, 1.82) is 0 Å². The molecule has 4 rings (SSSR count). The Morgan fingerprint density at radius 2 is 1.93 bits per heavy atom. The third kappa shape index (κ3) is 3.31. The van der Waals surface area contributed by atoms with Gasteiger partial charge in [-0.25, -0.2) is 9.99 Å². The molecule has 0 saturated heterocycles. The van der Waals surface area contributed by atoms with Crippen molar-refractivity contribution in [2.45, 2.75) is 12.8 Å². The Balaban J connectivity index is 1.88. The van der Waals surface area contributed by atoms with Crippen LogP contribution in [0.15, 0.2) is 58.4 Å². The van der Waals surface area contributed by atoms with E-state index in [-0.39, 0.29) is 23.3 Å². The van der Waals surface area contributed by atoms with Crippen molar-refractivity contribution in [2.75, 3.05) is 0 Å². The number of hydrazone groups is 1. The maximum Gasteiger partial charge on any atom is 0.265 e. The van der Waals surface area contributed by atoms with Gasteiger partial charge in [0.15, 0.2) is 0 Å². The van der Waals surface area contributed by atoms with Crippen molar-refractivity contribution in [1.82, 2.24) is 9.99 Å². The van der Waals surface area contributed by atoms with Crippen LogP contribution in [0.4, 0.5) is 0 Å². The first-order chi connectivity index (χ1) is 13.1. The van der Waals surface area contributed by atoms with Crippen LogP contribution >= 0.6 is 11.6 Å². The topological polar surface area (TPSA) is 83.7 Å². The summed E-state index contributed by atoms with van der Waals surface area (Å²) in [7, 11) is 0. The van der Waals surface area contributed by atoms with Crippen molar-refractivity contribution in [3.63, 3.8) is 0 Å². The molecule has 1 fully saturated rings. The van der Waals surface area contributed by atoms with Gasteiger partial charge in [-0.2, -0.15) is 5.10 Å². The molecule has 0 unspecified atom stereocenters. The van der Waals surface area contributed by atoms with Gasteiger partial charge < -0.3 is 5.11 Å². The van der Waals surface area contributed by atoms with Gasteiger partial charge in [0.2, 0.25) is 11.8 Å². The fourth-order valence-electron chi connectivity index (χ4n) is 2.94. The van der Waals surface area contributed by atoms with Crippen LogP contribution in [0, 0.1) is 5.92 Å². The fraction of sp³-hybridized carbons (Fsp3) is 0.150. The van der Waals surface area contributed by atoms with Gasteiger partial charge in [-0.3, -0.25) is 9.59 Å². The summed E-state index contributed by atoms with van der Waals surface area (Å²) < 4.78 is 1.18. The zero-order valence-corrected chi connectivity index (χ0v) is 15.0. The lowest BCUT2D eigenvalue weighted by Crippen LogP contribution is -2.21. The number of benzene rings is 2. The second-order valence-electron chi connectivity index (χ2n) is 6.41. The lowest BCUT2D eigenvalue weighted by molar-refractivity contribution is -0.122. The highest BCUT2D eigenvalue weighted by atomic mass is 35.5. The Morgan fingerprint density at radius 1 is 1.19 bits per heavy atom. The smallest absolute Gasteiger partial charge is 0.265 e. The summed E-state index contributed by atoms with van der Waals surface area (Å²) in [5.74, 6) is -0.392. The van der Waals surface area contributed by atoms with Gasteiger partial charge in [0.25, 0.3) is 5.56 Å². The van der Waals surface area contributed by atoms with Crippen molar-refractivity contribution >= 4 is 34.5 Å². The predicted molar refractivity (Wildman–Crippen MR) is 105 cm³/mol. The monoisotopic (exact) mass is 381 g/mol. The summed E-state index contributed by atoms with van der Waals surface area (Å²) in [6.07, 6.45) is 3.10. The maximum absolute atomic E-state index is 12.9.